The molecule has 1 rings (SSSR count). The molecule has 1 saturated carbocycles. The predicted molar refractivity (Wildman–Crippen MR) is 98.1 cm³/mol. The molecule has 0 aliphatic heterocycles. The first-order valence-electron chi connectivity index (χ1n) is 9.24. The summed E-state index contributed by atoms with van der Waals surface area (Å²) in [6, 6.07) is 0.179. The molecule has 0 aromatic carbocycles. The Labute approximate surface area is 146 Å². The second-order valence-electron chi connectivity index (χ2n) is 8.22. The van der Waals surface area contributed by atoms with E-state index >= 15 is 0 Å². The average Bonchev–Trinajstić information content (AvgIpc) is 2.48. The van der Waals surface area contributed by atoms with Gasteiger partial charge in [-0.05, 0) is 66.2 Å². The molecule has 0 spiro atoms. The molecule has 0 saturated heterocycles. The maximum atomic E-state index is 12.0. The normalized spacial score (nSPS) is 21.8. The fourth-order valence-corrected chi connectivity index (χ4v) is 2.62. The third-order valence-electron chi connectivity index (χ3n) is 5.07. The van der Waals surface area contributed by atoms with Gasteiger partial charge < -0.3 is 21.3 Å². The smallest absolute Gasteiger partial charge is 0.315 e. The average molecular weight is 341 g/mol. The highest BCUT2D eigenvalue weighted by molar-refractivity contribution is 5.75. The number of amides is 4. The van der Waals surface area contributed by atoms with Gasteiger partial charge in [0.2, 0.25) is 0 Å². The lowest BCUT2D eigenvalue weighted by atomic mass is 9.91. The van der Waals surface area contributed by atoms with Crippen molar-refractivity contribution >= 4 is 12.1 Å². The highest BCUT2D eigenvalue weighted by atomic mass is 16.2. The van der Waals surface area contributed by atoms with Crippen LogP contribution >= 0.6 is 0 Å². The number of nitrogens with one attached hydrogen (secondary N) is 4. The molecular formula is C18H36N4O2. The second kappa shape index (κ2) is 8.58. The van der Waals surface area contributed by atoms with Gasteiger partial charge in [0.05, 0.1) is 0 Å². The number of urea groups is 2. The summed E-state index contributed by atoms with van der Waals surface area (Å²) in [7, 11) is 0. The van der Waals surface area contributed by atoms with Crippen LogP contribution in [0.4, 0.5) is 9.59 Å². The van der Waals surface area contributed by atoms with Crippen molar-refractivity contribution in [1.82, 2.24) is 21.3 Å². The maximum Gasteiger partial charge on any atom is 0.315 e. The maximum absolute atomic E-state index is 12.0. The van der Waals surface area contributed by atoms with E-state index < -0.39 is 0 Å². The molecule has 0 heterocycles. The Morgan fingerprint density at radius 2 is 1.04 bits per heavy atom. The van der Waals surface area contributed by atoms with Crippen LogP contribution in [-0.4, -0.2) is 35.2 Å². The molecule has 6 nitrogen and oxygen atoms in total. The van der Waals surface area contributed by atoms with E-state index in [1.54, 1.807) is 0 Å². The van der Waals surface area contributed by atoms with Crippen molar-refractivity contribution in [2.24, 2.45) is 0 Å². The molecular weight excluding hydrogens is 304 g/mol. The van der Waals surface area contributed by atoms with Gasteiger partial charge in [-0.3, -0.25) is 0 Å². The van der Waals surface area contributed by atoms with Crippen LogP contribution < -0.4 is 21.3 Å². The Hall–Kier alpha value is -1.46. The minimum Gasteiger partial charge on any atom is -0.335 e. The Morgan fingerprint density at radius 1 is 0.750 bits per heavy atom. The third-order valence-corrected chi connectivity index (χ3v) is 5.07. The molecule has 1 aliphatic rings. The predicted octanol–water partition coefficient (Wildman–Crippen LogP) is 3.27. The largest absolute Gasteiger partial charge is 0.335 e. The quantitative estimate of drug-likeness (QED) is 0.598. The SMILES string of the molecule is CCC(C)(C)NC(=O)N[C@H]1CC[C@H](NC(=O)NC(C)(C)CC)CC1. The third kappa shape index (κ3) is 7.41. The molecule has 0 atom stereocenters. The Kier molecular flexibility index (Phi) is 7.36. The van der Waals surface area contributed by atoms with Crippen molar-refractivity contribution < 1.29 is 9.59 Å². The van der Waals surface area contributed by atoms with Gasteiger partial charge in [-0.2, -0.15) is 0 Å². The number of carbonyl (C=O) groups excluding carboxylic acids is 2. The topological polar surface area (TPSA) is 82.3 Å². The van der Waals surface area contributed by atoms with Crippen molar-refractivity contribution in [3.63, 3.8) is 0 Å². The second-order valence-corrected chi connectivity index (χ2v) is 8.22. The molecule has 0 aromatic rings. The molecule has 6 heteroatoms. The number of hydrogen-bond donors (Lipinski definition) is 4. The Balaban J connectivity index is 2.31. The molecule has 1 aliphatic carbocycles. The zero-order valence-electron chi connectivity index (χ0n) is 16.2. The van der Waals surface area contributed by atoms with E-state index in [0.29, 0.717) is 0 Å². The van der Waals surface area contributed by atoms with Crippen molar-refractivity contribution in [3.05, 3.63) is 0 Å². The summed E-state index contributed by atoms with van der Waals surface area (Å²) >= 11 is 0. The highest BCUT2D eigenvalue weighted by Gasteiger charge is 2.26. The van der Waals surface area contributed by atoms with Crippen molar-refractivity contribution in [3.8, 4) is 0 Å². The van der Waals surface area contributed by atoms with Gasteiger partial charge in [-0.25, -0.2) is 9.59 Å². The van der Waals surface area contributed by atoms with Gasteiger partial charge in [0.15, 0.2) is 0 Å². The molecule has 1 fully saturated rings. The van der Waals surface area contributed by atoms with Gasteiger partial charge in [-0.1, -0.05) is 13.8 Å². The van der Waals surface area contributed by atoms with Gasteiger partial charge in [0, 0.05) is 23.2 Å². The standard InChI is InChI=1S/C18H36N4O2/c1-7-17(3,4)21-15(23)19-13-9-11-14(12-10-13)20-16(24)22-18(5,6)8-2/h13-14H,7-12H2,1-6H3,(H2,19,21,23)(H2,20,22,24)/t13-,14-. The van der Waals surface area contributed by atoms with Gasteiger partial charge in [0.25, 0.3) is 0 Å². The lowest BCUT2D eigenvalue weighted by molar-refractivity contribution is 0.210. The minimum absolute atomic E-state index is 0.0966. The summed E-state index contributed by atoms with van der Waals surface area (Å²) < 4.78 is 0. The van der Waals surface area contributed by atoms with E-state index in [2.05, 4.69) is 35.1 Å². The van der Waals surface area contributed by atoms with E-state index in [1.165, 1.54) is 0 Å². The van der Waals surface area contributed by atoms with Crippen LogP contribution in [-0.2, 0) is 0 Å². The molecule has 0 bridgehead atoms. The summed E-state index contributed by atoms with van der Waals surface area (Å²) in [5.41, 5.74) is -0.375. The molecule has 4 amide bonds. The van der Waals surface area contributed by atoms with E-state index in [9.17, 15) is 9.59 Å². The van der Waals surface area contributed by atoms with Crippen LogP contribution in [0.1, 0.15) is 80.1 Å². The highest BCUT2D eigenvalue weighted by Crippen LogP contribution is 2.19. The van der Waals surface area contributed by atoms with Crippen molar-refractivity contribution in [2.45, 2.75) is 103 Å². The van der Waals surface area contributed by atoms with Crippen LogP contribution in [0.5, 0.6) is 0 Å². The summed E-state index contributed by atoms with van der Waals surface area (Å²) in [6.45, 7) is 12.2. The number of hydrogen-bond acceptors (Lipinski definition) is 2. The first-order valence-corrected chi connectivity index (χ1v) is 9.24. The van der Waals surface area contributed by atoms with E-state index in [0.717, 1.165) is 38.5 Å². The molecule has 0 radical (unpaired) electrons. The molecule has 140 valence electrons. The summed E-state index contributed by atoms with van der Waals surface area (Å²) in [4.78, 5) is 24.1. The lowest BCUT2D eigenvalue weighted by Gasteiger charge is -2.32. The Morgan fingerprint density at radius 3 is 1.29 bits per heavy atom. The van der Waals surface area contributed by atoms with Crippen LogP contribution in [0.3, 0.4) is 0 Å². The lowest BCUT2D eigenvalue weighted by Crippen LogP contribution is -2.54. The van der Waals surface area contributed by atoms with Gasteiger partial charge in [-0.15, -0.1) is 0 Å². The minimum atomic E-state index is -0.187. The van der Waals surface area contributed by atoms with Crippen LogP contribution in [0.2, 0.25) is 0 Å². The van der Waals surface area contributed by atoms with E-state index in [4.69, 9.17) is 0 Å². The summed E-state index contributed by atoms with van der Waals surface area (Å²) in [5, 5.41) is 12.1. The monoisotopic (exact) mass is 340 g/mol. The Bertz CT molecular complexity index is 387. The van der Waals surface area contributed by atoms with Crippen molar-refractivity contribution in [1.29, 1.82) is 0 Å². The number of rotatable bonds is 6. The van der Waals surface area contributed by atoms with Crippen LogP contribution in [0, 0.1) is 0 Å². The summed E-state index contributed by atoms with van der Waals surface area (Å²) in [5.74, 6) is 0. The molecule has 4 N–H and O–H groups in total. The van der Waals surface area contributed by atoms with Gasteiger partial charge in [0.1, 0.15) is 0 Å². The number of carbonyl (C=O) groups is 2. The van der Waals surface area contributed by atoms with Crippen LogP contribution in [0.25, 0.3) is 0 Å². The molecule has 24 heavy (non-hydrogen) atoms. The zero-order chi connectivity index (χ0) is 18.4. The fraction of sp³-hybridized carbons (Fsp3) is 0.889. The van der Waals surface area contributed by atoms with Crippen LogP contribution in [0.15, 0.2) is 0 Å². The molecule has 0 aromatic heterocycles. The summed E-state index contributed by atoms with van der Waals surface area (Å²) in [6.07, 6.45) is 5.34. The van der Waals surface area contributed by atoms with E-state index in [1.807, 2.05) is 27.7 Å². The molecule has 0 unspecified atom stereocenters. The van der Waals surface area contributed by atoms with Gasteiger partial charge >= 0.3 is 12.1 Å². The fourth-order valence-electron chi connectivity index (χ4n) is 2.62. The zero-order valence-corrected chi connectivity index (χ0v) is 16.2. The van der Waals surface area contributed by atoms with E-state index in [-0.39, 0.29) is 35.2 Å². The van der Waals surface area contributed by atoms with Crippen molar-refractivity contribution in [2.75, 3.05) is 0 Å². The first-order chi connectivity index (χ1) is 11.1. The first kappa shape index (κ1) is 20.6.